The number of aryl methyl sites for hydroxylation is 1. The number of nitrogens with one attached hydrogen (secondary N) is 1. The highest BCUT2D eigenvalue weighted by Gasteiger charge is 2.21. The van der Waals surface area contributed by atoms with Crippen molar-refractivity contribution >= 4 is 11.8 Å². The molecule has 1 saturated heterocycles. The van der Waals surface area contributed by atoms with Crippen molar-refractivity contribution in [3.8, 4) is 6.07 Å². The van der Waals surface area contributed by atoms with Gasteiger partial charge in [0.2, 0.25) is 5.95 Å². The molecule has 0 radical (unpaired) electrons. The zero-order valence-electron chi connectivity index (χ0n) is 18.3. The Morgan fingerprint density at radius 3 is 2.47 bits per heavy atom. The first-order chi connectivity index (χ1) is 15.7. The van der Waals surface area contributed by atoms with Gasteiger partial charge in [-0.1, -0.05) is 6.92 Å². The zero-order chi connectivity index (χ0) is 22.8. The van der Waals surface area contributed by atoms with Gasteiger partial charge in [0, 0.05) is 51.9 Å². The van der Waals surface area contributed by atoms with Gasteiger partial charge in [-0.25, -0.2) is 24.4 Å². The second kappa shape index (κ2) is 11.6. The van der Waals surface area contributed by atoms with Gasteiger partial charge in [-0.3, -0.25) is 4.98 Å². The van der Waals surface area contributed by atoms with Crippen molar-refractivity contribution in [2.75, 3.05) is 49.7 Å². The molecule has 1 fully saturated rings. The summed E-state index contributed by atoms with van der Waals surface area (Å²) in [6.07, 6.45) is 7.82. The van der Waals surface area contributed by atoms with Crippen LogP contribution in [0.15, 0.2) is 41.8 Å². The minimum atomic E-state index is -0.197. The normalized spacial score (nSPS) is 13.3. The molecule has 1 aliphatic heterocycles. The molecule has 11 nitrogen and oxygen atoms in total. The Hall–Kier alpha value is -3.78. The molecule has 0 aromatic carbocycles. The number of piperazine rings is 1. The van der Waals surface area contributed by atoms with Crippen LogP contribution in [0.3, 0.4) is 0 Å². The summed E-state index contributed by atoms with van der Waals surface area (Å²) in [5.74, 6) is 1.55. The second-order valence-electron chi connectivity index (χ2n) is 7.02. The average Bonchev–Trinajstić information content (AvgIpc) is 3.27. The highest BCUT2D eigenvalue weighted by molar-refractivity contribution is 5.54. The topological polar surface area (TPSA) is 129 Å². The van der Waals surface area contributed by atoms with Crippen LogP contribution in [-0.4, -0.2) is 69.6 Å². The molecule has 1 N–H and O–H groups in total. The fraction of sp³-hybridized carbons (Fsp3) is 0.429. The first-order valence-corrected chi connectivity index (χ1v) is 10.4. The van der Waals surface area contributed by atoms with Crippen LogP contribution in [0.1, 0.15) is 18.1 Å². The molecule has 168 valence electrons. The molecule has 4 rings (SSSR count). The molecule has 0 spiro atoms. The second-order valence-corrected chi connectivity index (χ2v) is 7.02. The third kappa shape index (κ3) is 5.89. The molecule has 0 saturated carbocycles. The number of anilines is 2. The number of rotatable bonds is 6. The first-order valence-electron chi connectivity index (χ1n) is 10.4. The van der Waals surface area contributed by atoms with E-state index in [0.717, 1.165) is 49.9 Å². The van der Waals surface area contributed by atoms with Gasteiger partial charge < -0.3 is 14.5 Å². The predicted molar refractivity (Wildman–Crippen MR) is 120 cm³/mol. The van der Waals surface area contributed by atoms with Crippen LogP contribution in [0.5, 0.6) is 0 Å². The molecule has 0 unspecified atom stereocenters. The standard InChI is InChI=1S/C16H18N6.C5H9N3O2/c1-2-13-11-19-16(20-12-13)22-8-6-21(7-9-22)15-14(10-17)4-3-5-18-15;1-10-3-2-8-5(9)6-4-7-8/h3-5,11-12H,2,6-9H2,1H3;4H,2-3H2,1H3,(H,6,7,9). The van der Waals surface area contributed by atoms with E-state index in [2.05, 4.69) is 47.8 Å². The van der Waals surface area contributed by atoms with E-state index in [1.165, 1.54) is 11.0 Å². The quantitative estimate of drug-likeness (QED) is 0.596. The van der Waals surface area contributed by atoms with Crippen molar-refractivity contribution in [3.05, 3.63) is 58.7 Å². The number of hydrogen-bond acceptors (Lipinski definition) is 9. The fourth-order valence-corrected chi connectivity index (χ4v) is 3.17. The maximum atomic E-state index is 10.7. The minimum absolute atomic E-state index is 0.197. The van der Waals surface area contributed by atoms with Crippen LogP contribution in [0.4, 0.5) is 11.8 Å². The predicted octanol–water partition coefficient (Wildman–Crippen LogP) is 0.850. The zero-order valence-corrected chi connectivity index (χ0v) is 18.3. The maximum absolute atomic E-state index is 10.7. The van der Waals surface area contributed by atoms with E-state index in [4.69, 9.17) is 4.74 Å². The van der Waals surface area contributed by atoms with E-state index in [-0.39, 0.29) is 5.69 Å². The lowest BCUT2D eigenvalue weighted by atomic mass is 10.2. The summed E-state index contributed by atoms with van der Waals surface area (Å²) in [5.41, 5.74) is 1.58. The van der Waals surface area contributed by atoms with Crippen LogP contribution >= 0.6 is 0 Å². The van der Waals surface area contributed by atoms with Crippen molar-refractivity contribution < 1.29 is 4.74 Å². The largest absolute Gasteiger partial charge is 0.383 e. The summed E-state index contributed by atoms with van der Waals surface area (Å²) in [6, 6.07) is 5.81. The smallest absolute Gasteiger partial charge is 0.343 e. The first kappa shape index (κ1) is 22.9. The summed E-state index contributed by atoms with van der Waals surface area (Å²) in [7, 11) is 1.58. The van der Waals surface area contributed by atoms with E-state index in [0.29, 0.717) is 18.7 Å². The van der Waals surface area contributed by atoms with E-state index in [1.807, 2.05) is 12.4 Å². The Labute approximate surface area is 186 Å². The molecule has 3 aromatic rings. The number of aromatic amines is 1. The summed E-state index contributed by atoms with van der Waals surface area (Å²) in [5, 5.41) is 12.9. The van der Waals surface area contributed by atoms with Gasteiger partial charge in [0.15, 0.2) is 0 Å². The lowest BCUT2D eigenvalue weighted by Crippen LogP contribution is -2.47. The van der Waals surface area contributed by atoms with Crippen LogP contribution < -0.4 is 15.5 Å². The van der Waals surface area contributed by atoms with Gasteiger partial charge in [-0.05, 0) is 24.1 Å². The lowest BCUT2D eigenvalue weighted by molar-refractivity contribution is 0.182. The van der Waals surface area contributed by atoms with Crippen LogP contribution in [0.25, 0.3) is 0 Å². The molecular formula is C21H27N9O2. The molecule has 4 heterocycles. The fourth-order valence-electron chi connectivity index (χ4n) is 3.17. The van der Waals surface area contributed by atoms with Crippen molar-refractivity contribution in [1.29, 1.82) is 5.26 Å². The van der Waals surface area contributed by atoms with Crippen LogP contribution in [-0.2, 0) is 17.7 Å². The van der Waals surface area contributed by atoms with E-state index in [9.17, 15) is 10.1 Å². The van der Waals surface area contributed by atoms with E-state index in [1.54, 1.807) is 25.4 Å². The Kier molecular flexibility index (Phi) is 8.28. The average molecular weight is 438 g/mol. The maximum Gasteiger partial charge on any atom is 0.343 e. The molecule has 0 amide bonds. The third-order valence-corrected chi connectivity index (χ3v) is 5.00. The van der Waals surface area contributed by atoms with Crippen LogP contribution in [0.2, 0.25) is 0 Å². The highest BCUT2D eigenvalue weighted by Crippen LogP contribution is 2.19. The van der Waals surface area contributed by atoms with Gasteiger partial charge in [-0.2, -0.15) is 10.4 Å². The summed E-state index contributed by atoms with van der Waals surface area (Å²) < 4.78 is 6.07. The molecular weight excluding hydrogens is 410 g/mol. The molecule has 0 atom stereocenters. The van der Waals surface area contributed by atoms with Gasteiger partial charge in [-0.15, -0.1) is 0 Å². The molecule has 0 bridgehead atoms. The molecule has 32 heavy (non-hydrogen) atoms. The molecule has 1 aliphatic rings. The monoisotopic (exact) mass is 437 g/mol. The number of nitriles is 1. The van der Waals surface area contributed by atoms with E-state index >= 15 is 0 Å². The highest BCUT2D eigenvalue weighted by atomic mass is 16.5. The Morgan fingerprint density at radius 2 is 1.88 bits per heavy atom. The molecule has 3 aromatic heterocycles. The van der Waals surface area contributed by atoms with Crippen molar-refractivity contribution in [1.82, 2.24) is 29.7 Å². The number of methoxy groups -OCH3 is 1. The number of hydrogen-bond donors (Lipinski definition) is 1. The lowest BCUT2D eigenvalue weighted by Gasteiger charge is -2.35. The van der Waals surface area contributed by atoms with Crippen molar-refractivity contribution in [2.45, 2.75) is 19.9 Å². The Balaban J connectivity index is 0.000000243. The van der Waals surface area contributed by atoms with Gasteiger partial charge in [0.1, 0.15) is 18.2 Å². The summed E-state index contributed by atoms with van der Waals surface area (Å²) >= 11 is 0. The van der Waals surface area contributed by atoms with Gasteiger partial charge in [0.25, 0.3) is 0 Å². The van der Waals surface area contributed by atoms with Gasteiger partial charge in [0.05, 0.1) is 18.7 Å². The summed E-state index contributed by atoms with van der Waals surface area (Å²) in [4.78, 5) is 30.7. The van der Waals surface area contributed by atoms with Crippen LogP contribution in [0, 0.1) is 11.3 Å². The van der Waals surface area contributed by atoms with E-state index < -0.39 is 0 Å². The Bertz CT molecular complexity index is 1060. The van der Waals surface area contributed by atoms with Crippen molar-refractivity contribution in [2.24, 2.45) is 0 Å². The minimum Gasteiger partial charge on any atom is -0.383 e. The molecule has 0 aliphatic carbocycles. The number of nitrogens with zero attached hydrogens (tertiary/aromatic N) is 8. The number of ether oxygens (including phenoxy) is 1. The number of H-pyrrole nitrogens is 1. The summed E-state index contributed by atoms with van der Waals surface area (Å²) in [6.45, 7) is 6.37. The van der Waals surface area contributed by atoms with Gasteiger partial charge >= 0.3 is 5.69 Å². The third-order valence-electron chi connectivity index (χ3n) is 5.00. The SMILES string of the molecule is CCc1cnc(N2CCN(c3ncccc3C#N)CC2)nc1.COCCn1nc[nH]c1=O. The van der Waals surface area contributed by atoms with Crippen molar-refractivity contribution in [3.63, 3.8) is 0 Å². The Morgan fingerprint density at radius 1 is 1.16 bits per heavy atom. The number of aromatic nitrogens is 6. The molecule has 11 heteroatoms. The number of pyridine rings is 1.